The number of sulfonamides is 1. The van der Waals surface area contributed by atoms with Crippen LogP contribution in [-0.4, -0.2) is 34.1 Å². The average molecular weight is 468 g/mol. The van der Waals surface area contributed by atoms with E-state index in [1.54, 1.807) is 42.7 Å². The Balaban J connectivity index is 1.44. The molecule has 4 rings (SSSR count). The van der Waals surface area contributed by atoms with Crippen LogP contribution in [0.25, 0.3) is 11.4 Å². The van der Waals surface area contributed by atoms with E-state index in [-0.39, 0.29) is 17.4 Å². The third kappa shape index (κ3) is 4.99. The van der Waals surface area contributed by atoms with Gasteiger partial charge in [0.2, 0.25) is 15.8 Å². The second-order valence-corrected chi connectivity index (χ2v) is 8.95. The Hall–Kier alpha value is -3.83. The number of pyridine rings is 1. The molecule has 4 aromatic rings. The first-order valence-electron chi connectivity index (χ1n) is 9.91. The SMILES string of the molecule is Cc1cc(C(=O)OCc2nc(-c3cccnc3)no2)c(C)n1Cc1ccc(S(N)(=O)=O)cc1. The molecule has 3 aromatic heterocycles. The van der Waals surface area contributed by atoms with Gasteiger partial charge in [0.25, 0.3) is 5.89 Å². The highest BCUT2D eigenvalue weighted by Gasteiger charge is 2.19. The van der Waals surface area contributed by atoms with Gasteiger partial charge >= 0.3 is 5.97 Å². The standard InChI is InChI=1S/C22H21N5O5S/c1-14-10-19(15(2)27(14)12-16-5-7-18(8-6-16)33(23,29)30)22(28)31-13-20-25-21(26-32-20)17-4-3-9-24-11-17/h3-11H,12-13H2,1-2H3,(H2,23,29,30). The number of carbonyl (C=O) groups excluding carboxylic acids is 1. The highest BCUT2D eigenvalue weighted by molar-refractivity contribution is 7.89. The number of nitrogens with two attached hydrogens (primary N) is 1. The molecule has 0 spiro atoms. The number of rotatable bonds is 7. The number of nitrogens with zero attached hydrogens (tertiary/aromatic N) is 4. The van der Waals surface area contributed by atoms with Crippen molar-refractivity contribution >= 4 is 16.0 Å². The van der Waals surface area contributed by atoms with Crippen molar-refractivity contribution < 1.29 is 22.5 Å². The quantitative estimate of drug-likeness (QED) is 0.409. The maximum absolute atomic E-state index is 12.7. The van der Waals surface area contributed by atoms with Gasteiger partial charge in [0.1, 0.15) is 0 Å². The topological polar surface area (TPSA) is 143 Å². The van der Waals surface area contributed by atoms with E-state index < -0.39 is 16.0 Å². The molecule has 10 nitrogen and oxygen atoms in total. The summed E-state index contributed by atoms with van der Waals surface area (Å²) < 4.78 is 35.3. The second kappa shape index (κ2) is 8.96. The van der Waals surface area contributed by atoms with E-state index in [4.69, 9.17) is 14.4 Å². The molecule has 0 saturated heterocycles. The summed E-state index contributed by atoms with van der Waals surface area (Å²) in [5, 5.41) is 9.02. The first-order valence-corrected chi connectivity index (χ1v) is 11.5. The lowest BCUT2D eigenvalue weighted by molar-refractivity contribution is 0.0429. The molecule has 0 unspecified atom stereocenters. The lowest BCUT2D eigenvalue weighted by Crippen LogP contribution is -2.12. The van der Waals surface area contributed by atoms with Gasteiger partial charge in [-0.3, -0.25) is 4.98 Å². The molecular formula is C22H21N5O5S. The zero-order valence-corrected chi connectivity index (χ0v) is 18.7. The molecule has 0 saturated carbocycles. The number of primary sulfonamides is 1. The van der Waals surface area contributed by atoms with E-state index >= 15 is 0 Å². The minimum absolute atomic E-state index is 0.0455. The van der Waals surface area contributed by atoms with E-state index in [0.29, 0.717) is 23.5 Å². The summed E-state index contributed by atoms with van der Waals surface area (Å²) in [4.78, 5) is 20.9. The number of esters is 1. The molecule has 0 amide bonds. The minimum Gasteiger partial charge on any atom is -0.452 e. The van der Waals surface area contributed by atoms with Crippen molar-refractivity contribution in [3.63, 3.8) is 0 Å². The van der Waals surface area contributed by atoms with Crippen LogP contribution in [0.3, 0.4) is 0 Å². The highest BCUT2D eigenvalue weighted by Crippen LogP contribution is 2.20. The van der Waals surface area contributed by atoms with Crippen molar-refractivity contribution in [1.82, 2.24) is 19.7 Å². The van der Waals surface area contributed by atoms with Gasteiger partial charge < -0.3 is 13.8 Å². The predicted octanol–water partition coefficient (Wildman–Crippen LogP) is 2.60. The number of benzene rings is 1. The lowest BCUT2D eigenvalue weighted by atomic mass is 10.2. The second-order valence-electron chi connectivity index (χ2n) is 7.39. The maximum Gasteiger partial charge on any atom is 0.340 e. The van der Waals surface area contributed by atoms with Gasteiger partial charge in [-0.1, -0.05) is 17.3 Å². The number of aromatic nitrogens is 4. The molecule has 0 aliphatic carbocycles. The first-order chi connectivity index (χ1) is 15.7. The van der Waals surface area contributed by atoms with Crippen molar-refractivity contribution in [3.05, 3.63) is 83.3 Å². The number of hydrogen-bond acceptors (Lipinski definition) is 8. The third-order valence-corrected chi connectivity index (χ3v) is 6.03. The van der Waals surface area contributed by atoms with Crippen LogP contribution in [0.4, 0.5) is 0 Å². The Morgan fingerprint density at radius 1 is 1.18 bits per heavy atom. The fraction of sp³-hybridized carbons (Fsp3) is 0.182. The number of hydrogen-bond donors (Lipinski definition) is 1. The number of carbonyl (C=O) groups is 1. The summed E-state index contributed by atoms with van der Waals surface area (Å²) in [6, 6.07) is 11.6. The van der Waals surface area contributed by atoms with E-state index in [0.717, 1.165) is 17.0 Å². The normalized spacial score (nSPS) is 11.5. The van der Waals surface area contributed by atoms with Gasteiger partial charge in [0, 0.05) is 35.9 Å². The van der Waals surface area contributed by atoms with Gasteiger partial charge in [-0.15, -0.1) is 0 Å². The molecule has 0 fully saturated rings. The van der Waals surface area contributed by atoms with Gasteiger partial charge in [0.05, 0.1) is 10.5 Å². The van der Waals surface area contributed by atoms with E-state index in [9.17, 15) is 13.2 Å². The van der Waals surface area contributed by atoms with Gasteiger partial charge in [-0.2, -0.15) is 4.98 Å². The van der Waals surface area contributed by atoms with Crippen molar-refractivity contribution in [3.8, 4) is 11.4 Å². The Labute approximate surface area is 190 Å². The monoisotopic (exact) mass is 467 g/mol. The summed E-state index contributed by atoms with van der Waals surface area (Å²) in [6.45, 7) is 3.98. The molecule has 170 valence electrons. The van der Waals surface area contributed by atoms with Crippen molar-refractivity contribution in [1.29, 1.82) is 0 Å². The molecule has 0 aliphatic heterocycles. The zero-order chi connectivity index (χ0) is 23.6. The summed E-state index contributed by atoms with van der Waals surface area (Å²) >= 11 is 0. The summed E-state index contributed by atoms with van der Waals surface area (Å²) in [5.41, 5.74) is 3.54. The van der Waals surface area contributed by atoms with Crippen LogP contribution in [0.1, 0.15) is 33.2 Å². The minimum atomic E-state index is -3.75. The molecule has 1 aromatic carbocycles. The fourth-order valence-electron chi connectivity index (χ4n) is 3.35. The predicted molar refractivity (Wildman–Crippen MR) is 117 cm³/mol. The summed E-state index contributed by atoms with van der Waals surface area (Å²) in [6.07, 6.45) is 3.25. The van der Waals surface area contributed by atoms with Crippen LogP contribution in [0.15, 0.2) is 64.3 Å². The van der Waals surface area contributed by atoms with Gasteiger partial charge in [-0.25, -0.2) is 18.4 Å². The molecule has 2 N–H and O–H groups in total. The molecule has 11 heteroatoms. The van der Waals surface area contributed by atoms with Crippen LogP contribution < -0.4 is 5.14 Å². The molecule has 33 heavy (non-hydrogen) atoms. The third-order valence-electron chi connectivity index (χ3n) is 5.10. The van der Waals surface area contributed by atoms with Crippen molar-refractivity contribution in [2.24, 2.45) is 5.14 Å². The van der Waals surface area contributed by atoms with Crippen LogP contribution in [0.5, 0.6) is 0 Å². The van der Waals surface area contributed by atoms with Crippen LogP contribution in [0, 0.1) is 13.8 Å². The van der Waals surface area contributed by atoms with E-state index in [1.165, 1.54) is 12.1 Å². The zero-order valence-electron chi connectivity index (χ0n) is 17.9. The molecule has 0 atom stereocenters. The van der Waals surface area contributed by atoms with Crippen molar-refractivity contribution in [2.45, 2.75) is 31.9 Å². The smallest absolute Gasteiger partial charge is 0.340 e. The number of ether oxygens (including phenoxy) is 1. The van der Waals surface area contributed by atoms with Crippen LogP contribution in [0.2, 0.25) is 0 Å². The molecule has 0 bridgehead atoms. The Morgan fingerprint density at radius 3 is 2.61 bits per heavy atom. The van der Waals surface area contributed by atoms with Crippen LogP contribution in [-0.2, 0) is 27.9 Å². The van der Waals surface area contributed by atoms with E-state index in [1.807, 2.05) is 18.4 Å². The van der Waals surface area contributed by atoms with Crippen LogP contribution >= 0.6 is 0 Å². The lowest BCUT2D eigenvalue weighted by Gasteiger charge is -2.10. The van der Waals surface area contributed by atoms with Gasteiger partial charge in [-0.05, 0) is 49.7 Å². The Kier molecular flexibility index (Phi) is 6.07. The average Bonchev–Trinajstić information content (AvgIpc) is 3.38. The van der Waals surface area contributed by atoms with E-state index in [2.05, 4.69) is 15.1 Å². The Bertz CT molecular complexity index is 1390. The highest BCUT2D eigenvalue weighted by atomic mass is 32.2. The summed E-state index contributed by atoms with van der Waals surface area (Å²) in [5.74, 6) is 0.0202. The largest absolute Gasteiger partial charge is 0.452 e. The Morgan fingerprint density at radius 2 is 1.94 bits per heavy atom. The van der Waals surface area contributed by atoms with Crippen molar-refractivity contribution in [2.75, 3.05) is 0 Å². The molecule has 3 heterocycles. The molecule has 0 radical (unpaired) electrons. The number of aryl methyl sites for hydroxylation is 1. The molecule has 0 aliphatic rings. The summed E-state index contributed by atoms with van der Waals surface area (Å²) in [7, 11) is -3.75. The van der Waals surface area contributed by atoms with Gasteiger partial charge in [0.15, 0.2) is 6.61 Å². The maximum atomic E-state index is 12.7. The first kappa shape index (κ1) is 22.4. The molecular weight excluding hydrogens is 446 g/mol. The fourth-order valence-corrected chi connectivity index (χ4v) is 3.86.